The zero-order valence-corrected chi connectivity index (χ0v) is 11.5. The molecule has 0 bridgehead atoms. The topological polar surface area (TPSA) is 52.8 Å². The first kappa shape index (κ1) is 14.6. The smallest absolute Gasteiger partial charge is 0.124 e. The second-order valence-corrected chi connectivity index (χ2v) is 4.75. The average molecular weight is 249 g/mol. The van der Waals surface area contributed by atoms with Crippen molar-refractivity contribution in [1.29, 1.82) is 0 Å². The van der Waals surface area contributed by atoms with Crippen LogP contribution in [-0.4, -0.2) is 16.0 Å². The van der Waals surface area contributed by atoms with Crippen LogP contribution >= 0.6 is 0 Å². The van der Waals surface area contributed by atoms with E-state index in [1.165, 1.54) is 0 Å². The molecule has 1 unspecified atom stereocenters. The van der Waals surface area contributed by atoms with Crippen molar-refractivity contribution in [3.63, 3.8) is 0 Å². The van der Waals surface area contributed by atoms with Crippen molar-refractivity contribution in [2.45, 2.75) is 46.5 Å². The third-order valence-corrected chi connectivity index (χ3v) is 3.32. The van der Waals surface area contributed by atoms with Gasteiger partial charge in [0, 0.05) is 11.5 Å². The molecule has 1 rings (SSSR count). The fourth-order valence-electron chi connectivity index (χ4n) is 2.20. The fourth-order valence-corrected chi connectivity index (χ4v) is 2.20. The lowest BCUT2D eigenvalue weighted by atomic mass is 9.89. The summed E-state index contributed by atoms with van der Waals surface area (Å²) in [6, 6.07) is 5.38. The first-order valence-electron chi connectivity index (χ1n) is 6.65. The number of hydrogen-bond acceptors (Lipinski definition) is 3. The van der Waals surface area contributed by atoms with Crippen LogP contribution in [0.4, 0.5) is 0 Å². The van der Waals surface area contributed by atoms with E-state index in [1.807, 2.05) is 19.1 Å². The van der Waals surface area contributed by atoms with Gasteiger partial charge in [0.05, 0.1) is 5.71 Å². The largest absolute Gasteiger partial charge is 0.507 e. The fraction of sp³-hybridized carbons (Fsp3) is 0.533. The molecule has 18 heavy (non-hydrogen) atoms. The van der Waals surface area contributed by atoms with Gasteiger partial charge in [0.2, 0.25) is 0 Å². The molecule has 0 heterocycles. The Hall–Kier alpha value is -1.51. The predicted molar refractivity (Wildman–Crippen MR) is 74.5 cm³/mol. The van der Waals surface area contributed by atoms with Crippen molar-refractivity contribution >= 4 is 5.71 Å². The van der Waals surface area contributed by atoms with Crippen LogP contribution < -0.4 is 0 Å². The Morgan fingerprint density at radius 3 is 2.61 bits per heavy atom. The summed E-state index contributed by atoms with van der Waals surface area (Å²) >= 11 is 0. The summed E-state index contributed by atoms with van der Waals surface area (Å²) in [5.74, 6) is 0.381. The molecule has 1 atom stereocenters. The Balaban J connectivity index is 3.04. The SMILES string of the molecule is CCCCC(CC)/C(=N\O)c1cc(C)ccc1O. The molecule has 0 amide bonds. The van der Waals surface area contributed by atoms with E-state index < -0.39 is 0 Å². The minimum Gasteiger partial charge on any atom is -0.507 e. The van der Waals surface area contributed by atoms with Gasteiger partial charge >= 0.3 is 0 Å². The molecule has 1 aromatic rings. The van der Waals surface area contributed by atoms with Crippen LogP contribution in [0.2, 0.25) is 0 Å². The maximum absolute atomic E-state index is 9.91. The zero-order chi connectivity index (χ0) is 13.5. The molecule has 0 radical (unpaired) electrons. The van der Waals surface area contributed by atoms with Crippen LogP contribution in [0.3, 0.4) is 0 Å². The lowest BCUT2D eigenvalue weighted by Gasteiger charge is -2.17. The summed E-state index contributed by atoms with van der Waals surface area (Å²) in [5, 5.41) is 22.6. The number of benzene rings is 1. The van der Waals surface area contributed by atoms with E-state index in [0.717, 1.165) is 31.2 Å². The molecule has 0 saturated carbocycles. The van der Waals surface area contributed by atoms with E-state index in [0.29, 0.717) is 11.3 Å². The third kappa shape index (κ3) is 3.49. The highest BCUT2D eigenvalue weighted by molar-refractivity contribution is 6.04. The van der Waals surface area contributed by atoms with Gasteiger partial charge in [0.15, 0.2) is 0 Å². The molecule has 0 aromatic heterocycles. The van der Waals surface area contributed by atoms with E-state index in [2.05, 4.69) is 19.0 Å². The number of nitrogens with zero attached hydrogens (tertiary/aromatic N) is 1. The Labute approximate surface area is 109 Å². The van der Waals surface area contributed by atoms with Crippen LogP contribution in [0.15, 0.2) is 23.4 Å². The summed E-state index contributed by atoms with van der Waals surface area (Å²) in [5.41, 5.74) is 2.31. The standard InChI is InChI=1S/C15H23NO2/c1-4-6-7-12(5-2)15(16-18)13-10-11(3)8-9-14(13)17/h8-10,12,17-18H,4-7H2,1-3H3/b16-15+. The van der Waals surface area contributed by atoms with E-state index >= 15 is 0 Å². The van der Waals surface area contributed by atoms with Crippen molar-refractivity contribution in [2.24, 2.45) is 11.1 Å². The summed E-state index contributed by atoms with van der Waals surface area (Å²) in [6.07, 6.45) is 4.12. The maximum atomic E-state index is 9.91. The molecule has 0 aliphatic rings. The van der Waals surface area contributed by atoms with Gasteiger partial charge in [-0.05, 0) is 31.9 Å². The minimum absolute atomic E-state index is 0.184. The minimum atomic E-state index is 0.184. The van der Waals surface area contributed by atoms with Crippen molar-refractivity contribution in [3.8, 4) is 5.75 Å². The third-order valence-electron chi connectivity index (χ3n) is 3.32. The molecule has 0 aliphatic heterocycles. The molecular formula is C15H23NO2. The highest BCUT2D eigenvalue weighted by Gasteiger charge is 2.19. The normalized spacial score (nSPS) is 13.6. The Kier molecular flexibility index (Phi) is 5.69. The van der Waals surface area contributed by atoms with Crippen LogP contribution in [0.5, 0.6) is 5.75 Å². The lowest BCUT2D eigenvalue weighted by Crippen LogP contribution is -2.16. The van der Waals surface area contributed by atoms with Gasteiger partial charge in [0.25, 0.3) is 0 Å². The molecular weight excluding hydrogens is 226 g/mol. The summed E-state index contributed by atoms with van der Waals surface area (Å²) in [6.45, 7) is 6.19. The van der Waals surface area contributed by atoms with Crippen molar-refractivity contribution in [2.75, 3.05) is 0 Å². The summed E-state index contributed by atoms with van der Waals surface area (Å²) in [4.78, 5) is 0. The van der Waals surface area contributed by atoms with E-state index in [1.54, 1.807) is 6.07 Å². The molecule has 3 nitrogen and oxygen atoms in total. The maximum Gasteiger partial charge on any atom is 0.124 e. The quantitative estimate of drug-likeness (QED) is 0.453. The Bertz CT molecular complexity index is 413. The van der Waals surface area contributed by atoms with E-state index in [9.17, 15) is 10.3 Å². The Morgan fingerprint density at radius 1 is 1.33 bits per heavy atom. The lowest BCUT2D eigenvalue weighted by molar-refractivity contribution is 0.313. The molecule has 2 N–H and O–H groups in total. The van der Waals surface area contributed by atoms with Gasteiger partial charge in [-0.3, -0.25) is 0 Å². The summed E-state index contributed by atoms with van der Waals surface area (Å²) in [7, 11) is 0. The number of rotatable bonds is 6. The van der Waals surface area contributed by atoms with Crippen LogP contribution in [0.1, 0.15) is 50.7 Å². The highest BCUT2D eigenvalue weighted by Crippen LogP contribution is 2.26. The van der Waals surface area contributed by atoms with Crippen molar-refractivity contribution < 1.29 is 10.3 Å². The molecule has 0 fully saturated rings. The number of hydrogen-bond donors (Lipinski definition) is 2. The monoisotopic (exact) mass is 249 g/mol. The van der Waals surface area contributed by atoms with Crippen LogP contribution in [-0.2, 0) is 0 Å². The number of oxime groups is 1. The van der Waals surface area contributed by atoms with Gasteiger partial charge in [-0.2, -0.15) is 0 Å². The number of phenols is 1. The Morgan fingerprint density at radius 2 is 2.06 bits per heavy atom. The van der Waals surface area contributed by atoms with Gasteiger partial charge in [-0.25, -0.2) is 0 Å². The number of aromatic hydroxyl groups is 1. The number of aryl methyl sites for hydroxylation is 1. The molecule has 100 valence electrons. The van der Waals surface area contributed by atoms with E-state index in [-0.39, 0.29) is 11.7 Å². The first-order chi connectivity index (χ1) is 8.63. The molecule has 1 aromatic carbocycles. The zero-order valence-electron chi connectivity index (χ0n) is 11.5. The number of unbranched alkanes of at least 4 members (excludes halogenated alkanes) is 1. The first-order valence-corrected chi connectivity index (χ1v) is 6.65. The molecule has 0 saturated heterocycles. The average Bonchev–Trinajstić information content (AvgIpc) is 2.38. The van der Waals surface area contributed by atoms with Crippen LogP contribution in [0.25, 0.3) is 0 Å². The van der Waals surface area contributed by atoms with E-state index in [4.69, 9.17) is 0 Å². The number of phenolic OH excluding ortho intramolecular Hbond substituents is 1. The van der Waals surface area contributed by atoms with Gasteiger partial charge in [-0.1, -0.05) is 43.5 Å². The van der Waals surface area contributed by atoms with Gasteiger partial charge in [0.1, 0.15) is 5.75 Å². The van der Waals surface area contributed by atoms with Gasteiger partial charge < -0.3 is 10.3 Å². The van der Waals surface area contributed by atoms with Crippen molar-refractivity contribution in [3.05, 3.63) is 29.3 Å². The van der Waals surface area contributed by atoms with Gasteiger partial charge in [-0.15, -0.1) is 0 Å². The van der Waals surface area contributed by atoms with Crippen molar-refractivity contribution in [1.82, 2.24) is 0 Å². The highest BCUT2D eigenvalue weighted by atomic mass is 16.4. The molecule has 0 aliphatic carbocycles. The summed E-state index contributed by atoms with van der Waals surface area (Å²) < 4.78 is 0. The molecule has 3 heteroatoms. The molecule has 0 spiro atoms. The van der Waals surface area contributed by atoms with Crippen LogP contribution in [0, 0.1) is 12.8 Å². The second-order valence-electron chi connectivity index (χ2n) is 4.75. The second kappa shape index (κ2) is 7.04. The predicted octanol–water partition coefficient (Wildman–Crippen LogP) is 4.10.